The molecule has 2 heterocycles. The lowest BCUT2D eigenvalue weighted by molar-refractivity contribution is -0.144. The van der Waals surface area contributed by atoms with Gasteiger partial charge in [-0.3, -0.25) is 0 Å². The molecule has 1 aliphatic rings. The van der Waals surface area contributed by atoms with Crippen LogP contribution in [-0.2, 0) is 6.18 Å². The second kappa shape index (κ2) is 4.89. The van der Waals surface area contributed by atoms with Gasteiger partial charge in [-0.2, -0.15) is 13.2 Å². The maximum Gasteiger partial charge on any atom is 0.451 e. The zero-order valence-electron chi connectivity index (χ0n) is 9.28. The highest BCUT2D eigenvalue weighted by molar-refractivity contribution is 6.29. The zero-order valence-corrected chi connectivity index (χ0v) is 10.0. The van der Waals surface area contributed by atoms with Crippen LogP contribution in [0.2, 0.25) is 5.15 Å². The van der Waals surface area contributed by atoms with Gasteiger partial charge in [-0.15, -0.1) is 0 Å². The molecule has 1 saturated heterocycles. The van der Waals surface area contributed by atoms with Crippen LogP contribution in [0.1, 0.15) is 12.2 Å². The average molecular weight is 282 g/mol. The Labute approximate surface area is 106 Å². The fraction of sp³-hybridized carbons (Fsp3) is 0.600. The highest BCUT2D eigenvalue weighted by Gasteiger charge is 2.36. The van der Waals surface area contributed by atoms with Gasteiger partial charge in [0.05, 0.1) is 0 Å². The first kappa shape index (κ1) is 13.4. The Hall–Kier alpha value is -1.08. The number of aromatic nitrogens is 2. The molecule has 1 atom stereocenters. The predicted octanol–water partition coefficient (Wildman–Crippen LogP) is 1.97. The van der Waals surface area contributed by atoms with E-state index in [2.05, 4.69) is 9.97 Å². The molecule has 0 radical (unpaired) electrons. The fourth-order valence-electron chi connectivity index (χ4n) is 1.88. The topological polar surface area (TPSA) is 49.2 Å². The summed E-state index contributed by atoms with van der Waals surface area (Å²) in [5, 5.41) is 8.77. The van der Waals surface area contributed by atoms with Crippen LogP contribution in [-0.4, -0.2) is 34.8 Å². The maximum atomic E-state index is 12.5. The van der Waals surface area contributed by atoms with Gasteiger partial charge in [0.15, 0.2) is 0 Å². The molecule has 2 rings (SSSR count). The minimum absolute atomic E-state index is 0.0153. The first-order chi connectivity index (χ1) is 8.40. The van der Waals surface area contributed by atoms with Crippen molar-refractivity contribution in [3.63, 3.8) is 0 Å². The van der Waals surface area contributed by atoms with Crippen molar-refractivity contribution >= 4 is 17.4 Å². The number of anilines is 1. The number of rotatable bonds is 2. The number of hydrogen-bond donors (Lipinski definition) is 1. The summed E-state index contributed by atoms with van der Waals surface area (Å²) < 4.78 is 37.6. The zero-order chi connectivity index (χ0) is 13.3. The van der Waals surface area contributed by atoms with E-state index < -0.39 is 12.0 Å². The summed E-state index contributed by atoms with van der Waals surface area (Å²) in [7, 11) is 0. The smallest absolute Gasteiger partial charge is 0.396 e. The lowest BCUT2D eigenvalue weighted by atomic mass is 10.1. The molecule has 4 nitrogen and oxygen atoms in total. The summed E-state index contributed by atoms with van der Waals surface area (Å²) in [5.74, 6) is -1.02. The lowest BCUT2D eigenvalue weighted by Crippen LogP contribution is -2.23. The molecule has 0 spiro atoms. The van der Waals surface area contributed by atoms with E-state index in [0.717, 1.165) is 6.42 Å². The van der Waals surface area contributed by atoms with Gasteiger partial charge in [0.2, 0.25) is 5.82 Å². The Kier molecular flexibility index (Phi) is 3.63. The molecule has 1 aliphatic heterocycles. The standard InChI is InChI=1S/C10H11ClF3N3O/c11-7-3-8(16-9(15-7)10(12,13)14)17-2-1-6(4-17)5-18/h3,6,18H,1-2,4-5H2. The normalized spacial score (nSPS) is 20.5. The molecule has 1 aromatic rings. The molecule has 1 fully saturated rings. The van der Waals surface area contributed by atoms with Gasteiger partial charge in [-0.25, -0.2) is 9.97 Å². The predicted molar refractivity (Wildman–Crippen MR) is 59.4 cm³/mol. The van der Waals surface area contributed by atoms with Gasteiger partial charge >= 0.3 is 6.18 Å². The van der Waals surface area contributed by atoms with Crippen LogP contribution < -0.4 is 4.90 Å². The molecule has 1 unspecified atom stereocenters. The Balaban J connectivity index is 2.26. The molecule has 0 bridgehead atoms. The van der Waals surface area contributed by atoms with Crippen LogP contribution in [0.25, 0.3) is 0 Å². The summed E-state index contributed by atoms with van der Waals surface area (Å²) in [5.41, 5.74) is 0. The molecule has 1 aromatic heterocycles. The van der Waals surface area contributed by atoms with Crippen molar-refractivity contribution in [3.8, 4) is 0 Å². The van der Waals surface area contributed by atoms with E-state index in [9.17, 15) is 13.2 Å². The van der Waals surface area contributed by atoms with Crippen molar-refractivity contribution in [2.75, 3.05) is 24.6 Å². The van der Waals surface area contributed by atoms with Crippen molar-refractivity contribution in [2.24, 2.45) is 5.92 Å². The average Bonchev–Trinajstić information content (AvgIpc) is 2.75. The van der Waals surface area contributed by atoms with E-state index >= 15 is 0 Å². The van der Waals surface area contributed by atoms with Crippen molar-refractivity contribution in [1.29, 1.82) is 0 Å². The van der Waals surface area contributed by atoms with Gasteiger partial charge < -0.3 is 10.0 Å². The summed E-state index contributed by atoms with van der Waals surface area (Å²) in [6.07, 6.45) is -3.89. The molecule has 1 N–H and O–H groups in total. The van der Waals surface area contributed by atoms with Gasteiger partial charge in [0.1, 0.15) is 11.0 Å². The highest BCUT2D eigenvalue weighted by Crippen LogP contribution is 2.30. The van der Waals surface area contributed by atoms with Crippen LogP contribution in [0.4, 0.5) is 19.0 Å². The van der Waals surface area contributed by atoms with Crippen molar-refractivity contribution in [3.05, 3.63) is 17.0 Å². The summed E-state index contributed by atoms with van der Waals surface area (Å²) in [6, 6.07) is 1.30. The maximum absolute atomic E-state index is 12.5. The quantitative estimate of drug-likeness (QED) is 0.842. The third-order valence-corrected chi connectivity index (χ3v) is 3.00. The Bertz CT molecular complexity index is 441. The molecule has 0 aliphatic carbocycles. The monoisotopic (exact) mass is 281 g/mol. The van der Waals surface area contributed by atoms with E-state index in [1.807, 2.05) is 0 Å². The minimum Gasteiger partial charge on any atom is -0.396 e. The van der Waals surface area contributed by atoms with Crippen molar-refractivity contribution in [2.45, 2.75) is 12.6 Å². The number of aliphatic hydroxyl groups is 1. The van der Waals surface area contributed by atoms with E-state index in [1.54, 1.807) is 4.90 Å². The molecule has 0 amide bonds. The Morgan fingerprint density at radius 3 is 2.72 bits per heavy atom. The summed E-state index contributed by atoms with van der Waals surface area (Å²) in [4.78, 5) is 8.32. The second-order valence-electron chi connectivity index (χ2n) is 4.15. The van der Waals surface area contributed by atoms with Crippen LogP contribution >= 0.6 is 11.6 Å². The molecule has 0 saturated carbocycles. The molecule has 8 heteroatoms. The summed E-state index contributed by atoms with van der Waals surface area (Å²) >= 11 is 5.58. The molecular weight excluding hydrogens is 271 g/mol. The van der Waals surface area contributed by atoms with E-state index in [-0.39, 0.29) is 23.5 Å². The number of aliphatic hydroxyl groups excluding tert-OH is 1. The molecular formula is C10H11ClF3N3O. The largest absolute Gasteiger partial charge is 0.451 e. The van der Waals surface area contributed by atoms with E-state index in [0.29, 0.717) is 13.1 Å². The van der Waals surface area contributed by atoms with Gasteiger partial charge in [-0.05, 0) is 6.42 Å². The second-order valence-corrected chi connectivity index (χ2v) is 4.54. The van der Waals surface area contributed by atoms with Crippen molar-refractivity contribution < 1.29 is 18.3 Å². The number of nitrogens with zero attached hydrogens (tertiary/aromatic N) is 3. The van der Waals surface area contributed by atoms with Gasteiger partial charge in [-0.1, -0.05) is 11.6 Å². The van der Waals surface area contributed by atoms with E-state index in [4.69, 9.17) is 16.7 Å². The fourth-order valence-corrected chi connectivity index (χ4v) is 2.06. The SMILES string of the molecule is OCC1CCN(c2cc(Cl)nc(C(F)(F)F)n2)C1. The van der Waals surface area contributed by atoms with Crippen LogP contribution in [0.15, 0.2) is 6.07 Å². The van der Waals surface area contributed by atoms with Gasteiger partial charge in [0.25, 0.3) is 0 Å². The third kappa shape index (κ3) is 2.84. The first-order valence-electron chi connectivity index (χ1n) is 5.37. The minimum atomic E-state index is -4.62. The first-order valence-corrected chi connectivity index (χ1v) is 5.75. The number of halogens is 4. The summed E-state index contributed by atoms with van der Waals surface area (Å²) in [6.45, 7) is 1.04. The van der Waals surface area contributed by atoms with Crippen LogP contribution in [0, 0.1) is 5.92 Å². The van der Waals surface area contributed by atoms with Crippen LogP contribution in [0.5, 0.6) is 0 Å². The number of hydrogen-bond acceptors (Lipinski definition) is 4. The van der Waals surface area contributed by atoms with Crippen molar-refractivity contribution in [1.82, 2.24) is 9.97 Å². The number of alkyl halides is 3. The Morgan fingerprint density at radius 1 is 1.44 bits per heavy atom. The lowest BCUT2D eigenvalue weighted by Gasteiger charge is -2.18. The van der Waals surface area contributed by atoms with E-state index in [1.165, 1.54) is 6.07 Å². The van der Waals surface area contributed by atoms with Crippen LogP contribution in [0.3, 0.4) is 0 Å². The van der Waals surface area contributed by atoms with Gasteiger partial charge in [0, 0.05) is 31.7 Å². The highest BCUT2D eigenvalue weighted by atomic mass is 35.5. The molecule has 0 aromatic carbocycles. The molecule has 18 heavy (non-hydrogen) atoms. The Morgan fingerprint density at radius 2 is 2.17 bits per heavy atom. The molecule has 100 valence electrons. The third-order valence-electron chi connectivity index (χ3n) is 2.80.